The summed E-state index contributed by atoms with van der Waals surface area (Å²) in [6.07, 6.45) is 4.44. The molecule has 2 aromatic heterocycles. The van der Waals surface area contributed by atoms with E-state index >= 15 is 0 Å². The monoisotopic (exact) mass is 377 g/mol. The number of rotatable bonds is 5. The van der Waals surface area contributed by atoms with Gasteiger partial charge in [0.2, 0.25) is 0 Å². The fourth-order valence-corrected chi connectivity index (χ4v) is 3.75. The van der Waals surface area contributed by atoms with Crippen LogP contribution in [0, 0.1) is 0 Å². The van der Waals surface area contributed by atoms with Crippen molar-refractivity contribution in [1.29, 1.82) is 0 Å². The van der Waals surface area contributed by atoms with Crippen molar-refractivity contribution in [1.82, 2.24) is 24.3 Å². The Kier molecular flexibility index (Phi) is 5.39. The van der Waals surface area contributed by atoms with Crippen molar-refractivity contribution in [3.63, 3.8) is 0 Å². The Hall–Kier alpha value is -2.73. The first-order valence-electron chi connectivity index (χ1n) is 10.00. The van der Waals surface area contributed by atoms with E-state index in [1.165, 1.54) is 5.56 Å². The summed E-state index contributed by atoms with van der Waals surface area (Å²) in [4.78, 5) is 26.2. The number of imidazole rings is 1. The predicted molar refractivity (Wildman–Crippen MR) is 110 cm³/mol. The molecular weight excluding hydrogens is 350 g/mol. The molecule has 0 aliphatic carbocycles. The maximum Gasteiger partial charge on any atom is 0.255 e. The SMILES string of the molecule is CC(C)N1CCN(C(=O)c2cnc3c(c2)ncn3CCc2ccccc2)CC1. The van der Waals surface area contributed by atoms with Gasteiger partial charge in [0.25, 0.3) is 5.91 Å². The molecule has 1 aromatic carbocycles. The summed E-state index contributed by atoms with van der Waals surface area (Å²) in [5.41, 5.74) is 3.52. The van der Waals surface area contributed by atoms with Crippen LogP contribution in [0.25, 0.3) is 11.2 Å². The number of amides is 1. The zero-order chi connectivity index (χ0) is 19.5. The summed E-state index contributed by atoms with van der Waals surface area (Å²) < 4.78 is 2.05. The van der Waals surface area contributed by atoms with E-state index in [0.29, 0.717) is 11.6 Å². The summed E-state index contributed by atoms with van der Waals surface area (Å²) in [6.45, 7) is 8.59. The topological polar surface area (TPSA) is 54.3 Å². The molecule has 0 bridgehead atoms. The standard InChI is InChI=1S/C22H27N5O/c1-17(2)25-10-12-26(13-11-25)22(28)19-14-20-21(23-15-19)27(16-24-20)9-8-18-6-4-3-5-7-18/h3-7,14-17H,8-13H2,1-2H3. The number of benzene rings is 1. The fraction of sp³-hybridized carbons (Fsp3) is 0.409. The first-order valence-corrected chi connectivity index (χ1v) is 10.00. The van der Waals surface area contributed by atoms with E-state index in [2.05, 4.69) is 57.5 Å². The third kappa shape index (κ3) is 3.92. The van der Waals surface area contributed by atoms with Gasteiger partial charge in [0.05, 0.1) is 11.9 Å². The molecule has 3 aromatic rings. The highest BCUT2D eigenvalue weighted by atomic mass is 16.2. The van der Waals surface area contributed by atoms with Crippen LogP contribution >= 0.6 is 0 Å². The van der Waals surface area contributed by atoms with E-state index in [9.17, 15) is 4.79 Å². The highest BCUT2D eigenvalue weighted by Crippen LogP contribution is 2.16. The van der Waals surface area contributed by atoms with E-state index in [-0.39, 0.29) is 5.91 Å². The van der Waals surface area contributed by atoms with Crippen LogP contribution in [0.5, 0.6) is 0 Å². The number of pyridine rings is 1. The Labute approximate surface area is 165 Å². The zero-order valence-electron chi connectivity index (χ0n) is 16.6. The van der Waals surface area contributed by atoms with Crippen LogP contribution in [0.3, 0.4) is 0 Å². The Bertz CT molecular complexity index is 942. The quantitative estimate of drug-likeness (QED) is 0.686. The Morgan fingerprint density at radius 1 is 1.07 bits per heavy atom. The van der Waals surface area contributed by atoms with E-state index in [0.717, 1.165) is 50.3 Å². The lowest BCUT2D eigenvalue weighted by Gasteiger charge is -2.36. The minimum Gasteiger partial charge on any atom is -0.336 e. The van der Waals surface area contributed by atoms with Crippen molar-refractivity contribution in [2.75, 3.05) is 26.2 Å². The molecular formula is C22H27N5O. The van der Waals surface area contributed by atoms with Crippen molar-refractivity contribution in [3.05, 3.63) is 60.0 Å². The number of hydrogen-bond acceptors (Lipinski definition) is 4. The fourth-order valence-electron chi connectivity index (χ4n) is 3.75. The van der Waals surface area contributed by atoms with Gasteiger partial charge in [-0.25, -0.2) is 9.97 Å². The number of hydrogen-bond donors (Lipinski definition) is 0. The van der Waals surface area contributed by atoms with Crippen molar-refractivity contribution in [3.8, 4) is 0 Å². The number of aryl methyl sites for hydroxylation is 2. The molecule has 0 N–H and O–H groups in total. The second kappa shape index (κ2) is 8.10. The van der Waals surface area contributed by atoms with Gasteiger partial charge in [-0.3, -0.25) is 9.69 Å². The molecule has 1 fully saturated rings. The molecule has 0 atom stereocenters. The number of piperazine rings is 1. The molecule has 146 valence electrons. The van der Waals surface area contributed by atoms with Gasteiger partial charge >= 0.3 is 0 Å². The van der Waals surface area contributed by atoms with Gasteiger partial charge in [0.15, 0.2) is 5.65 Å². The summed E-state index contributed by atoms with van der Waals surface area (Å²) >= 11 is 0. The van der Waals surface area contributed by atoms with Crippen LogP contribution in [-0.4, -0.2) is 62.5 Å². The van der Waals surface area contributed by atoms with E-state index < -0.39 is 0 Å². The second-order valence-electron chi connectivity index (χ2n) is 7.66. The first-order chi connectivity index (χ1) is 13.6. The molecule has 0 saturated carbocycles. The lowest BCUT2D eigenvalue weighted by molar-refractivity contribution is 0.0595. The molecule has 1 aliphatic rings. The number of carbonyl (C=O) groups is 1. The Balaban J connectivity index is 1.44. The molecule has 6 heteroatoms. The Morgan fingerprint density at radius 2 is 1.82 bits per heavy atom. The maximum absolute atomic E-state index is 12.9. The normalized spacial score (nSPS) is 15.5. The van der Waals surface area contributed by atoms with Gasteiger partial charge in [0.1, 0.15) is 5.52 Å². The lowest BCUT2D eigenvalue weighted by atomic mass is 10.1. The van der Waals surface area contributed by atoms with Crippen molar-refractivity contribution < 1.29 is 4.79 Å². The van der Waals surface area contributed by atoms with E-state index in [1.807, 2.05) is 23.4 Å². The highest BCUT2D eigenvalue weighted by molar-refractivity contribution is 5.96. The third-order valence-electron chi connectivity index (χ3n) is 5.52. The summed E-state index contributed by atoms with van der Waals surface area (Å²) in [7, 11) is 0. The smallest absolute Gasteiger partial charge is 0.255 e. The molecule has 1 amide bonds. The molecule has 0 spiro atoms. The second-order valence-corrected chi connectivity index (χ2v) is 7.66. The number of nitrogens with zero attached hydrogens (tertiary/aromatic N) is 5. The average molecular weight is 377 g/mol. The minimum absolute atomic E-state index is 0.0524. The predicted octanol–water partition coefficient (Wildman–Crippen LogP) is 2.84. The largest absolute Gasteiger partial charge is 0.336 e. The van der Waals surface area contributed by atoms with Crippen molar-refractivity contribution in [2.45, 2.75) is 32.9 Å². The van der Waals surface area contributed by atoms with Gasteiger partial charge in [-0.15, -0.1) is 0 Å². The summed E-state index contributed by atoms with van der Waals surface area (Å²) in [5, 5.41) is 0. The molecule has 0 unspecified atom stereocenters. The van der Waals surface area contributed by atoms with Crippen LogP contribution in [-0.2, 0) is 13.0 Å². The Morgan fingerprint density at radius 3 is 2.54 bits per heavy atom. The van der Waals surface area contributed by atoms with Gasteiger partial charge in [-0.2, -0.15) is 0 Å². The molecule has 1 saturated heterocycles. The molecule has 6 nitrogen and oxygen atoms in total. The summed E-state index contributed by atoms with van der Waals surface area (Å²) in [6, 6.07) is 12.8. The van der Waals surface area contributed by atoms with E-state index in [1.54, 1.807) is 6.20 Å². The lowest BCUT2D eigenvalue weighted by Crippen LogP contribution is -2.50. The molecule has 0 radical (unpaired) electrons. The van der Waals surface area contributed by atoms with Crippen LogP contribution in [0.2, 0.25) is 0 Å². The third-order valence-corrected chi connectivity index (χ3v) is 5.52. The van der Waals surface area contributed by atoms with Gasteiger partial charge in [-0.1, -0.05) is 30.3 Å². The molecule has 1 aliphatic heterocycles. The van der Waals surface area contributed by atoms with Gasteiger partial charge in [-0.05, 0) is 31.9 Å². The number of aromatic nitrogens is 3. The van der Waals surface area contributed by atoms with E-state index in [4.69, 9.17) is 0 Å². The molecule has 4 rings (SSSR count). The van der Waals surface area contributed by atoms with Crippen LogP contribution in [0.1, 0.15) is 29.8 Å². The number of carbonyl (C=O) groups excluding carboxylic acids is 1. The van der Waals surface area contributed by atoms with Gasteiger partial charge in [0, 0.05) is 45.0 Å². The highest BCUT2D eigenvalue weighted by Gasteiger charge is 2.24. The zero-order valence-corrected chi connectivity index (χ0v) is 16.6. The molecule has 3 heterocycles. The van der Waals surface area contributed by atoms with Crippen LogP contribution in [0.15, 0.2) is 48.9 Å². The minimum atomic E-state index is 0.0524. The maximum atomic E-state index is 12.9. The molecule has 28 heavy (non-hydrogen) atoms. The number of fused-ring (bicyclic) bond motifs is 1. The first kappa shape index (κ1) is 18.6. The van der Waals surface area contributed by atoms with Crippen LogP contribution in [0.4, 0.5) is 0 Å². The summed E-state index contributed by atoms with van der Waals surface area (Å²) in [5.74, 6) is 0.0524. The van der Waals surface area contributed by atoms with Crippen molar-refractivity contribution in [2.24, 2.45) is 0 Å². The van der Waals surface area contributed by atoms with Crippen molar-refractivity contribution >= 4 is 17.1 Å². The van der Waals surface area contributed by atoms with Gasteiger partial charge < -0.3 is 9.47 Å². The van der Waals surface area contributed by atoms with Crippen LogP contribution < -0.4 is 0 Å². The average Bonchev–Trinajstić information content (AvgIpc) is 3.15.